The van der Waals surface area contributed by atoms with E-state index in [-0.39, 0.29) is 64.9 Å². The predicted octanol–water partition coefficient (Wildman–Crippen LogP) is -5.09. The van der Waals surface area contributed by atoms with Crippen molar-refractivity contribution >= 4 is 11.9 Å². The molecule has 1 fully saturated rings. The second-order valence-corrected chi connectivity index (χ2v) is 5.00. The van der Waals surface area contributed by atoms with E-state index in [0.717, 1.165) is 0 Å². The summed E-state index contributed by atoms with van der Waals surface area (Å²) in [6, 6.07) is 0.525. The van der Waals surface area contributed by atoms with Gasteiger partial charge in [-0.1, -0.05) is 52.4 Å². The monoisotopic (exact) mass is 569 g/mol. The average Bonchev–Trinajstić information content (AvgIpc) is 2.58. The maximum absolute atomic E-state index is 9.49. The fourth-order valence-electron chi connectivity index (χ4n) is 1.72. The van der Waals surface area contributed by atoms with Crippen LogP contribution in [0, 0.1) is 0 Å². The van der Waals surface area contributed by atoms with E-state index >= 15 is 0 Å². The number of nitrogens with two attached hydrogens (primary N) is 1. The maximum Gasteiger partial charge on any atom is 4.00 e. The van der Waals surface area contributed by atoms with Crippen LogP contribution in [0.5, 0.6) is 0 Å². The smallest absolute Gasteiger partial charge is 1.00 e. The third-order valence-corrected chi connectivity index (χ3v) is 2.81. The zero-order valence-corrected chi connectivity index (χ0v) is 18.4. The molecular formula is C15H32Cl2N2O4Pt. The topological polar surface area (TPSA) is 141 Å². The Hall–Kier alpha value is 0.128. The summed E-state index contributed by atoms with van der Waals surface area (Å²) in [5.74, 6) is -1.92. The van der Waals surface area contributed by atoms with Gasteiger partial charge in [-0.3, -0.25) is 0 Å². The molecule has 0 spiro atoms. The Morgan fingerprint density at radius 3 is 1.33 bits per heavy atom. The van der Waals surface area contributed by atoms with Crippen molar-refractivity contribution in [2.75, 3.05) is 0 Å². The van der Waals surface area contributed by atoms with Gasteiger partial charge in [0.2, 0.25) is 0 Å². The molecule has 0 aliphatic heterocycles. The molecule has 0 radical (unpaired) electrons. The van der Waals surface area contributed by atoms with Crippen molar-refractivity contribution in [2.45, 2.75) is 84.1 Å². The van der Waals surface area contributed by atoms with Crippen LogP contribution in [0.2, 0.25) is 0 Å². The Morgan fingerprint density at radius 1 is 0.875 bits per heavy atom. The van der Waals surface area contributed by atoms with Crippen LogP contribution in [0.25, 0.3) is 0 Å². The van der Waals surface area contributed by atoms with Crippen molar-refractivity contribution < 1.29 is 65.7 Å². The summed E-state index contributed by atoms with van der Waals surface area (Å²) in [6.07, 6.45) is 9.77. The predicted molar refractivity (Wildman–Crippen MR) is 80.5 cm³/mol. The molecule has 0 atom stereocenters. The Kier molecular flexibility index (Phi) is 50.6. The molecule has 0 unspecified atom stereocenters. The Bertz CT molecular complexity index is 240. The fourth-order valence-corrected chi connectivity index (χ4v) is 1.72. The van der Waals surface area contributed by atoms with Gasteiger partial charge in [-0.2, -0.15) is 0 Å². The Morgan fingerprint density at radius 2 is 1.17 bits per heavy atom. The number of rotatable bonds is 4. The van der Waals surface area contributed by atoms with E-state index in [1.807, 2.05) is 0 Å². The van der Waals surface area contributed by atoms with E-state index in [2.05, 4.69) is 0 Å². The van der Waals surface area contributed by atoms with Crippen LogP contribution in [0.15, 0.2) is 0 Å². The maximum atomic E-state index is 9.49. The third-order valence-electron chi connectivity index (χ3n) is 2.81. The number of hydrogen-bond acceptors (Lipinski definition) is 6. The van der Waals surface area contributed by atoms with Gasteiger partial charge in [-0.15, -0.1) is 0 Å². The van der Waals surface area contributed by atoms with Gasteiger partial charge >= 0.3 is 21.1 Å². The summed E-state index contributed by atoms with van der Waals surface area (Å²) >= 11 is 0. The minimum absolute atomic E-state index is 0. The minimum Gasteiger partial charge on any atom is -1.00 e. The van der Waals surface area contributed by atoms with Gasteiger partial charge in [-0.05, 0) is 25.7 Å². The van der Waals surface area contributed by atoms with Gasteiger partial charge in [0.1, 0.15) is 0 Å². The van der Waals surface area contributed by atoms with E-state index in [4.69, 9.17) is 5.73 Å². The van der Waals surface area contributed by atoms with Gasteiger partial charge in [0, 0.05) is 18.0 Å². The van der Waals surface area contributed by atoms with Crippen molar-refractivity contribution in [3.8, 4) is 0 Å². The molecule has 0 saturated heterocycles. The fraction of sp³-hybridized carbons (Fsp3) is 0.867. The standard InChI is InChI=1S/C7H15N.2C4H8O2.2ClH.H3N.Pt/c8-7-5-3-1-2-4-6-7;2*1-2-3-4(5)6;;;;/h7H,1-6,8H2;2*2-3H2,1H3,(H,5,6);2*1H;1H3;/q;;;;;;+4/p-4. The summed E-state index contributed by atoms with van der Waals surface area (Å²) < 4.78 is 0. The first kappa shape index (κ1) is 39.3. The normalized spacial score (nSPS) is 12.5. The van der Waals surface area contributed by atoms with Crippen LogP contribution in [-0.2, 0) is 30.7 Å². The van der Waals surface area contributed by atoms with Gasteiger partial charge < -0.3 is 56.5 Å². The first-order chi connectivity index (χ1) is 9.43. The Balaban J connectivity index is -0.0000000475. The van der Waals surface area contributed by atoms with Gasteiger partial charge in [0.15, 0.2) is 0 Å². The van der Waals surface area contributed by atoms with Crippen molar-refractivity contribution in [2.24, 2.45) is 5.73 Å². The molecule has 0 aromatic rings. The van der Waals surface area contributed by atoms with Gasteiger partial charge in [0.05, 0.1) is 0 Å². The van der Waals surface area contributed by atoms with Crippen LogP contribution in [-0.4, -0.2) is 18.0 Å². The van der Waals surface area contributed by atoms with Crippen molar-refractivity contribution in [3.63, 3.8) is 0 Å². The number of hydrogen-bond donors (Lipinski definition) is 2. The summed E-state index contributed by atoms with van der Waals surface area (Å²) in [4.78, 5) is 19.0. The second-order valence-electron chi connectivity index (χ2n) is 5.00. The van der Waals surface area contributed by atoms with Crippen LogP contribution in [0.4, 0.5) is 0 Å². The van der Waals surface area contributed by atoms with Crippen LogP contribution >= 0.6 is 0 Å². The number of halogens is 2. The van der Waals surface area contributed by atoms with Gasteiger partial charge in [-0.25, -0.2) is 0 Å². The summed E-state index contributed by atoms with van der Waals surface area (Å²) in [5, 5.41) is 19.0. The number of carboxylic acids is 2. The molecule has 0 aromatic heterocycles. The minimum atomic E-state index is -0.961. The van der Waals surface area contributed by atoms with Crippen molar-refractivity contribution in [1.29, 1.82) is 0 Å². The molecule has 0 amide bonds. The molecule has 24 heavy (non-hydrogen) atoms. The molecule has 1 rings (SSSR count). The largest absolute Gasteiger partial charge is 4.00 e. The molecule has 1 aliphatic carbocycles. The molecular weight excluding hydrogens is 538 g/mol. The van der Waals surface area contributed by atoms with E-state index < -0.39 is 11.9 Å². The van der Waals surface area contributed by atoms with Crippen molar-refractivity contribution in [1.82, 2.24) is 6.15 Å². The second kappa shape index (κ2) is 31.0. The quantitative estimate of drug-likeness (QED) is 0.324. The van der Waals surface area contributed by atoms with E-state index in [9.17, 15) is 19.8 Å². The average molecular weight is 570 g/mol. The van der Waals surface area contributed by atoms with Crippen LogP contribution in [0.3, 0.4) is 0 Å². The molecule has 0 aromatic carbocycles. The Labute approximate surface area is 173 Å². The summed E-state index contributed by atoms with van der Waals surface area (Å²) in [7, 11) is 0. The molecule has 1 aliphatic rings. The van der Waals surface area contributed by atoms with E-state index in [1.54, 1.807) is 13.8 Å². The van der Waals surface area contributed by atoms with Gasteiger partial charge in [0.25, 0.3) is 0 Å². The molecule has 9 heteroatoms. The molecule has 1 saturated carbocycles. The molecule has 0 heterocycles. The first-order valence-corrected chi connectivity index (χ1v) is 7.59. The number of carbonyl (C=O) groups is 2. The molecule has 0 bridgehead atoms. The van der Waals surface area contributed by atoms with E-state index in [0.29, 0.717) is 18.9 Å². The number of carbonyl (C=O) groups excluding carboxylic acids is 2. The molecule has 5 N–H and O–H groups in total. The first-order valence-electron chi connectivity index (χ1n) is 7.59. The summed E-state index contributed by atoms with van der Waals surface area (Å²) in [5.41, 5.74) is 5.73. The van der Waals surface area contributed by atoms with E-state index in [1.165, 1.54) is 38.5 Å². The number of carboxylic acid groups (broad SMARTS) is 2. The molecule has 150 valence electrons. The summed E-state index contributed by atoms with van der Waals surface area (Å²) in [6.45, 7) is 3.60. The zero-order valence-electron chi connectivity index (χ0n) is 14.6. The zero-order chi connectivity index (χ0) is 15.8. The SMILES string of the molecule is CCCC(=O)[O-].CCCC(=O)[O-].N.NC1CCCCCC1.[Cl-].[Cl-].[Pt+4]. The van der Waals surface area contributed by atoms with Crippen LogP contribution in [0.1, 0.15) is 78.1 Å². The van der Waals surface area contributed by atoms with Crippen LogP contribution < -0.4 is 46.9 Å². The third kappa shape index (κ3) is 43.2. The van der Waals surface area contributed by atoms with Crippen molar-refractivity contribution in [3.05, 3.63) is 0 Å². The number of aliphatic carboxylic acids is 2. The molecule has 6 nitrogen and oxygen atoms in total.